The summed E-state index contributed by atoms with van der Waals surface area (Å²) in [5.41, 5.74) is 13.2. The van der Waals surface area contributed by atoms with E-state index in [0.29, 0.717) is 17.9 Å². The molecular formula is C15H16N2O2. The third kappa shape index (κ3) is 3.48. The Morgan fingerprint density at radius 2 is 1.74 bits per heavy atom. The first-order valence-corrected chi connectivity index (χ1v) is 6.03. The lowest BCUT2D eigenvalue weighted by Crippen LogP contribution is -2.13. The smallest absolute Gasteiger partial charge is 0.252 e. The summed E-state index contributed by atoms with van der Waals surface area (Å²) in [6.45, 7) is 0.480. The molecule has 4 nitrogen and oxygen atoms in total. The van der Waals surface area contributed by atoms with Crippen molar-refractivity contribution in [1.29, 1.82) is 0 Å². The van der Waals surface area contributed by atoms with Gasteiger partial charge in [-0.05, 0) is 29.8 Å². The van der Waals surface area contributed by atoms with Crippen LogP contribution in [0, 0.1) is 0 Å². The summed E-state index contributed by atoms with van der Waals surface area (Å²) in [7, 11) is 0. The Kier molecular flexibility index (Phi) is 4.03. The molecular weight excluding hydrogens is 240 g/mol. The molecule has 0 heterocycles. The van der Waals surface area contributed by atoms with Crippen molar-refractivity contribution in [3.8, 4) is 5.75 Å². The largest absolute Gasteiger partial charge is 0.492 e. The van der Waals surface area contributed by atoms with Crippen LogP contribution < -0.4 is 16.2 Å². The number of rotatable bonds is 5. The standard InChI is InChI=1S/C15H16N2O2/c16-12-7-5-11(6-8-12)9-10-19-14-4-2-1-3-13(14)15(17)18/h1-8H,9-10,16H2,(H2,17,18). The molecule has 0 radical (unpaired) electrons. The van der Waals surface area contributed by atoms with Crippen molar-refractivity contribution in [2.24, 2.45) is 5.73 Å². The summed E-state index contributed by atoms with van der Waals surface area (Å²) in [6, 6.07) is 14.6. The van der Waals surface area contributed by atoms with Crippen LogP contribution in [0.25, 0.3) is 0 Å². The van der Waals surface area contributed by atoms with Crippen molar-refractivity contribution in [3.63, 3.8) is 0 Å². The monoisotopic (exact) mass is 256 g/mol. The van der Waals surface area contributed by atoms with E-state index in [9.17, 15) is 4.79 Å². The molecule has 2 aromatic carbocycles. The van der Waals surface area contributed by atoms with E-state index in [-0.39, 0.29) is 0 Å². The van der Waals surface area contributed by atoms with Crippen LogP contribution in [0.1, 0.15) is 15.9 Å². The maximum absolute atomic E-state index is 11.2. The molecule has 0 saturated heterocycles. The second-order valence-corrected chi connectivity index (χ2v) is 4.20. The lowest BCUT2D eigenvalue weighted by Gasteiger charge is -2.09. The highest BCUT2D eigenvalue weighted by Gasteiger charge is 2.07. The van der Waals surface area contributed by atoms with Gasteiger partial charge in [-0.25, -0.2) is 0 Å². The minimum Gasteiger partial charge on any atom is -0.492 e. The molecule has 0 saturated carbocycles. The molecule has 1 amide bonds. The Balaban J connectivity index is 1.96. The fourth-order valence-corrected chi connectivity index (χ4v) is 1.76. The Morgan fingerprint density at radius 1 is 1.05 bits per heavy atom. The number of benzene rings is 2. The van der Waals surface area contributed by atoms with Gasteiger partial charge in [-0.3, -0.25) is 4.79 Å². The van der Waals surface area contributed by atoms with Gasteiger partial charge in [0, 0.05) is 12.1 Å². The second kappa shape index (κ2) is 5.91. The van der Waals surface area contributed by atoms with Gasteiger partial charge in [0.15, 0.2) is 0 Å². The molecule has 2 aromatic rings. The fraction of sp³-hybridized carbons (Fsp3) is 0.133. The minimum absolute atomic E-state index is 0.403. The summed E-state index contributed by atoms with van der Waals surface area (Å²) in [5.74, 6) is 0.0357. The number of nitrogen functional groups attached to an aromatic ring is 1. The molecule has 0 aromatic heterocycles. The molecule has 0 bridgehead atoms. The lowest BCUT2D eigenvalue weighted by atomic mass is 10.1. The van der Waals surface area contributed by atoms with E-state index in [2.05, 4.69) is 0 Å². The number of carbonyl (C=O) groups excluding carboxylic acids is 1. The fourth-order valence-electron chi connectivity index (χ4n) is 1.76. The number of hydrogen-bond acceptors (Lipinski definition) is 3. The molecule has 4 N–H and O–H groups in total. The van der Waals surface area contributed by atoms with E-state index in [4.69, 9.17) is 16.2 Å². The van der Waals surface area contributed by atoms with E-state index in [0.717, 1.165) is 17.7 Å². The number of ether oxygens (including phenoxy) is 1. The predicted molar refractivity (Wildman–Crippen MR) is 75.0 cm³/mol. The zero-order valence-electron chi connectivity index (χ0n) is 10.5. The van der Waals surface area contributed by atoms with Crippen LogP contribution in [0.2, 0.25) is 0 Å². The van der Waals surface area contributed by atoms with Crippen LogP contribution in [-0.4, -0.2) is 12.5 Å². The van der Waals surface area contributed by atoms with Gasteiger partial charge in [-0.2, -0.15) is 0 Å². The highest BCUT2D eigenvalue weighted by atomic mass is 16.5. The van der Waals surface area contributed by atoms with Crippen molar-refractivity contribution < 1.29 is 9.53 Å². The summed E-state index contributed by atoms with van der Waals surface area (Å²) in [6.07, 6.45) is 0.743. The SMILES string of the molecule is NC(=O)c1ccccc1OCCc1ccc(N)cc1. The first kappa shape index (κ1) is 13.0. The van der Waals surface area contributed by atoms with Crippen molar-refractivity contribution in [2.45, 2.75) is 6.42 Å². The molecule has 0 aliphatic carbocycles. The maximum atomic E-state index is 11.2. The topological polar surface area (TPSA) is 78.3 Å². The molecule has 0 fully saturated rings. The minimum atomic E-state index is -0.483. The van der Waals surface area contributed by atoms with Gasteiger partial charge < -0.3 is 16.2 Å². The third-order valence-electron chi connectivity index (χ3n) is 2.78. The predicted octanol–water partition coefficient (Wildman–Crippen LogP) is 1.99. The average Bonchev–Trinajstić information content (AvgIpc) is 2.41. The first-order valence-electron chi connectivity index (χ1n) is 6.03. The van der Waals surface area contributed by atoms with E-state index in [1.807, 2.05) is 30.3 Å². The average molecular weight is 256 g/mol. The van der Waals surface area contributed by atoms with Crippen LogP contribution in [0.15, 0.2) is 48.5 Å². The Morgan fingerprint density at radius 3 is 2.42 bits per heavy atom. The zero-order valence-corrected chi connectivity index (χ0v) is 10.5. The Labute approximate surface area is 112 Å². The van der Waals surface area contributed by atoms with Gasteiger partial charge in [0.25, 0.3) is 5.91 Å². The second-order valence-electron chi connectivity index (χ2n) is 4.20. The summed E-state index contributed by atoms with van der Waals surface area (Å²) >= 11 is 0. The lowest BCUT2D eigenvalue weighted by molar-refractivity contribution is 0.0996. The van der Waals surface area contributed by atoms with Crippen molar-refractivity contribution >= 4 is 11.6 Å². The molecule has 98 valence electrons. The normalized spacial score (nSPS) is 10.1. The van der Waals surface area contributed by atoms with Gasteiger partial charge in [0.1, 0.15) is 5.75 Å². The van der Waals surface area contributed by atoms with Gasteiger partial charge in [0.05, 0.1) is 12.2 Å². The summed E-state index contributed by atoms with van der Waals surface area (Å²) < 4.78 is 5.60. The molecule has 0 atom stereocenters. The molecule has 0 unspecified atom stereocenters. The van der Waals surface area contributed by atoms with Crippen molar-refractivity contribution in [3.05, 3.63) is 59.7 Å². The molecule has 0 aliphatic rings. The van der Waals surface area contributed by atoms with Gasteiger partial charge in [0.2, 0.25) is 0 Å². The number of para-hydroxylation sites is 1. The Hall–Kier alpha value is -2.49. The van der Waals surface area contributed by atoms with Gasteiger partial charge in [-0.15, -0.1) is 0 Å². The van der Waals surface area contributed by atoms with E-state index < -0.39 is 5.91 Å². The molecule has 2 rings (SSSR count). The van der Waals surface area contributed by atoms with Crippen molar-refractivity contribution in [1.82, 2.24) is 0 Å². The van der Waals surface area contributed by atoms with Crippen LogP contribution in [-0.2, 0) is 6.42 Å². The molecule has 0 spiro atoms. The number of carbonyl (C=O) groups is 1. The van der Waals surface area contributed by atoms with E-state index in [1.54, 1.807) is 18.2 Å². The zero-order chi connectivity index (χ0) is 13.7. The Bertz CT molecular complexity index is 565. The summed E-state index contributed by atoms with van der Waals surface area (Å²) in [5, 5.41) is 0. The quantitative estimate of drug-likeness (QED) is 0.803. The van der Waals surface area contributed by atoms with Crippen LogP contribution in [0.5, 0.6) is 5.75 Å². The van der Waals surface area contributed by atoms with E-state index >= 15 is 0 Å². The molecule has 0 aliphatic heterocycles. The number of amides is 1. The molecule has 19 heavy (non-hydrogen) atoms. The number of hydrogen-bond donors (Lipinski definition) is 2. The maximum Gasteiger partial charge on any atom is 0.252 e. The van der Waals surface area contributed by atoms with Crippen LogP contribution >= 0.6 is 0 Å². The van der Waals surface area contributed by atoms with Crippen LogP contribution in [0.4, 0.5) is 5.69 Å². The molecule has 4 heteroatoms. The van der Waals surface area contributed by atoms with Crippen molar-refractivity contribution in [2.75, 3.05) is 12.3 Å². The number of primary amides is 1. The number of nitrogens with two attached hydrogens (primary N) is 2. The van der Waals surface area contributed by atoms with Gasteiger partial charge in [-0.1, -0.05) is 24.3 Å². The van der Waals surface area contributed by atoms with Crippen LogP contribution in [0.3, 0.4) is 0 Å². The first-order chi connectivity index (χ1) is 9.16. The van der Waals surface area contributed by atoms with E-state index in [1.165, 1.54) is 0 Å². The highest BCUT2D eigenvalue weighted by molar-refractivity contribution is 5.95. The van der Waals surface area contributed by atoms with Gasteiger partial charge >= 0.3 is 0 Å². The number of anilines is 1. The summed E-state index contributed by atoms with van der Waals surface area (Å²) in [4.78, 5) is 11.2. The highest BCUT2D eigenvalue weighted by Crippen LogP contribution is 2.17. The third-order valence-corrected chi connectivity index (χ3v) is 2.78.